The van der Waals surface area contributed by atoms with Crippen LogP contribution in [0.25, 0.3) is 0 Å². The third kappa shape index (κ3) is 5.87. The molecule has 0 unspecified atom stereocenters. The number of anilines is 1. The van der Waals surface area contributed by atoms with Gasteiger partial charge in [0.2, 0.25) is 11.8 Å². The van der Waals surface area contributed by atoms with E-state index < -0.39 is 0 Å². The molecule has 1 aromatic heterocycles. The smallest absolute Gasteiger partial charge is 0.243 e. The molecule has 0 aliphatic heterocycles. The molecule has 122 valence electrons. The molecule has 23 heavy (non-hydrogen) atoms. The second-order valence-corrected chi connectivity index (χ2v) is 6.63. The van der Waals surface area contributed by atoms with Gasteiger partial charge in [-0.1, -0.05) is 23.8 Å². The van der Waals surface area contributed by atoms with Gasteiger partial charge in [-0.3, -0.25) is 9.59 Å². The number of thiophene rings is 1. The summed E-state index contributed by atoms with van der Waals surface area (Å²) in [5.41, 5.74) is 1.89. The fraction of sp³-hybridized carbons (Fsp3) is 0.333. The predicted molar refractivity (Wildman–Crippen MR) is 94.7 cm³/mol. The Bertz CT molecular complexity index is 636. The first-order valence-corrected chi connectivity index (χ1v) is 8.55. The van der Waals surface area contributed by atoms with E-state index in [9.17, 15) is 9.59 Å². The lowest BCUT2D eigenvalue weighted by molar-refractivity contribution is -0.133. The Morgan fingerprint density at radius 3 is 2.57 bits per heavy atom. The summed E-state index contributed by atoms with van der Waals surface area (Å²) in [7, 11) is 1.67. The van der Waals surface area contributed by atoms with E-state index in [-0.39, 0.29) is 18.4 Å². The van der Waals surface area contributed by atoms with Crippen LogP contribution in [-0.4, -0.2) is 30.3 Å². The maximum atomic E-state index is 12.1. The molecule has 0 saturated carbocycles. The Morgan fingerprint density at radius 2 is 1.91 bits per heavy atom. The Kier molecular flexibility index (Phi) is 6.35. The van der Waals surface area contributed by atoms with Gasteiger partial charge >= 0.3 is 0 Å². The van der Waals surface area contributed by atoms with Crippen LogP contribution in [0.4, 0.5) is 5.69 Å². The molecule has 0 aliphatic rings. The number of likely N-dealkylation sites (N-methyl/N-ethyl adjacent to an activating group) is 1. The van der Waals surface area contributed by atoms with Crippen LogP contribution in [0.3, 0.4) is 0 Å². The number of hydrogen-bond acceptors (Lipinski definition) is 3. The maximum absolute atomic E-state index is 12.1. The van der Waals surface area contributed by atoms with E-state index in [1.165, 1.54) is 9.78 Å². The van der Waals surface area contributed by atoms with Crippen LogP contribution in [0, 0.1) is 6.92 Å². The molecule has 0 aliphatic carbocycles. The van der Waals surface area contributed by atoms with Crippen LogP contribution >= 0.6 is 11.3 Å². The number of nitrogens with zero attached hydrogens (tertiary/aromatic N) is 1. The molecular formula is C18H22N2O2S. The molecular weight excluding hydrogens is 308 g/mol. The number of carbonyl (C=O) groups excluding carboxylic acids is 2. The molecule has 4 nitrogen and oxygen atoms in total. The number of amides is 2. The van der Waals surface area contributed by atoms with Crippen molar-refractivity contribution in [3.8, 4) is 0 Å². The zero-order chi connectivity index (χ0) is 16.7. The van der Waals surface area contributed by atoms with Crippen LogP contribution in [0.2, 0.25) is 0 Å². The first kappa shape index (κ1) is 17.2. The van der Waals surface area contributed by atoms with E-state index in [0.29, 0.717) is 6.42 Å². The van der Waals surface area contributed by atoms with Gasteiger partial charge in [-0.15, -0.1) is 11.3 Å². The largest absolute Gasteiger partial charge is 0.336 e. The molecule has 2 rings (SSSR count). The summed E-state index contributed by atoms with van der Waals surface area (Å²) in [5, 5.41) is 4.84. The van der Waals surface area contributed by atoms with Gasteiger partial charge in [0.25, 0.3) is 0 Å². The third-order valence-corrected chi connectivity index (χ3v) is 4.47. The number of carbonyl (C=O) groups is 2. The average molecular weight is 330 g/mol. The molecule has 0 saturated heterocycles. The molecule has 0 atom stereocenters. The Hall–Kier alpha value is -2.14. The SMILES string of the molecule is Cc1ccc(NC(=O)CN(C)C(=O)CCCc2cccs2)cc1. The van der Waals surface area contributed by atoms with Crippen LogP contribution < -0.4 is 5.32 Å². The van der Waals surface area contributed by atoms with Crippen molar-refractivity contribution in [2.45, 2.75) is 26.2 Å². The van der Waals surface area contributed by atoms with Crippen LogP contribution in [0.15, 0.2) is 41.8 Å². The lowest BCUT2D eigenvalue weighted by Gasteiger charge is -2.16. The van der Waals surface area contributed by atoms with Crippen molar-refractivity contribution in [2.75, 3.05) is 18.9 Å². The van der Waals surface area contributed by atoms with E-state index in [0.717, 1.165) is 24.1 Å². The first-order chi connectivity index (χ1) is 11.0. The molecule has 1 N–H and O–H groups in total. The Balaban J connectivity index is 1.71. The predicted octanol–water partition coefficient (Wildman–Crippen LogP) is 3.48. The Labute approximate surface area is 141 Å². The molecule has 1 heterocycles. The molecule has 2 aromatic rings. The summed E-state index contributed by atoms with van der Waals surface area (Å²) < 4.78 is 0. The summed E-state index contributed by atoms with van der Waals surface area (Å²) in [6.45, 7) is 2.07. The highest BCUT2D eigenvalue weighted by Gasteiger charge is 2.13. The molecule has 0 radical (unpaired) electrons. The van der Waals surface area contributed by atoms with E-state index in [1.807, 2.05) is 42.6 Å². The molecule has 5 heteroatoms. The minimum absolute atomic E-state index is 0.000567. The highest BCUT2D eigenvalue weighted by atomic mass is 32.1. The number of aryl methyl sites for hydroxylation is 2. The molecule has 1 aromatic carbocycles. The van der Waals surface area contributed by atoms with Gasteiger partial charge in [-0.2, -0.15) is 0 Å². The van der Waals surface area contributed by atoms with Crippen molar-refractivity contribution >= 4 is 28.8 Å². The molecule has 0 bridgehead atoms. The van der Waals surface area contributed by atoms with Crippen LogP contribution in [0.1, 0.15) is 23.3 Å². The van der Waals surface area contributed by atoms with Crippen molar-refractivity contribution in [2.24, 2.45) is 0 Å². The standard InChI is InChI=1S/C18H22N2O2S/c1-14-8-10-15(11-9-14)19-17(21)13-20(2)18(22)7-3-5-16-6-4-12-23-16/h4,6,8-12H,3,5,7,13H2,1-2H3,(H,19,21). The Morgan fingerprint density at radius 1 is 1.17 bits per heavy atom. The van der Waals surface area contributed by atoms with Gasteiger partial charge in [0.05, 0.1) is 6.54 Å². The van der Waals surface area contributed by atoms with Crippen molar-refractivity contribution in [1.82, 2.24) is 4.90 Å². The third-order valence-electron chi connectivity index (χ3n) is 3.54. The lowest BCUT2D eigenvalue weighted by atomic mass is 10.2. The second kappa shape index (κ2) is 8.48. The number of benzene rings is 1. The zero-order valence-electron chi connectivity index (χ0n) is 13.5. The summed E-state index contributed by atoms with van der Waals surface area (Å²) >= 11 is 1.71. The average Bonchev–Trinajstić information content (AvgIpc) is 3.02. The normalized spacial score (nSPS) is 10.3. The highest BCUT2D eigenvalue weighted by molar-refractivity contribution is 7.09. The van der Waals surface area contributed by atoms with Crippen molar-refractivity contribution in [3.63, 3.8) is 0 Å². The van der Waals surface area contributed by atoms with Gasteiger partial charge < -0.3 is 10.2 Å². The zero-order valence-corrected chi connectivity index (χ0v) is 14.4. The van der Waals surface area contributed by atoms with E-state index >= 15 is 0 Å². The highest BCUT2D eigenvalue weighted by Crippen LogP contribution is 2.12. The fourth-order valence-electron chi connectivity index (χ4n) is 2.20. The van der Waals surface area contributed by atoms with Gasteiger partial charge in [0.1, 0.15) is 0 Å². The van der Waals surface area contributed by atoms with Gasteiger partial charge in [-0.25, -0.2) is 0 Å². The molecule has 2 amide bonds. The number of nitrogens with one attached hydrogen (secondary N) is 1. The maximum Gasteiger partial charge on any atom is 0.243 e. The monoisotopic (exact) mass is 330 g/mol. The van der Waals surface area contributed by atoms with E-state index in [2.05, 4.69) is 11.4 Å². The quantitative estimate of drug-likeness (QED) is 0.845. The van der Waals surface area contributed by atoms with E-state index in [4.69, 9.17) is 0 Å². The van der Waals surface area contributed by atoms with Crippen LogP contribution in [-0.2, 0) is 16.0 Å². The minimum atomic E-state index is -0.178. The van der Waals surface area contributed by atoms with Crippen LogP contribution in [0.5, 0.6) is 0 Å². The summed E-state index contributed by atoms with van der Waals surface area (Å²) in [5.74, 6) is -0.177. The molecule has 0 spiro atoms. The van der Waals surface area contributed by atoms with E-state index in [1.54, 1.807) is 18.4 Å². The summed E-state index contributed by atoms with van der Waals surface area (Å²) in [4.78, 5) is 26.8. The van der Waals surface area contributed by atoms with Crippen molar-refractivity contribution < 1.29 is 9.59 Å². The van der Waals surface area contributed by atoms with Crippen molar-refractivity contribution in [3.05, 3.63) is 52.2 Å². The molecule has 0 fully saturated rings. The number of rotatable bonds is 7. The topological polar surface area (TPSA) is 49.4 Å². The first-order valence-electron chi connectivity index (χ1n) is 7.67. The fourth-order valence-corrected chi connectivity index (χ4v) is 2.95. The summed E-state index contributed by atoms with van der Waals surface area (Å²) in [6, 6.07) is 11.7. The van der Waals surface area contributed by atoms with Gasteiger partial charge in [0.15, 0.2) is 0 Å². The number of hydrogen-bond donors (Lipinski definition) is 1. The summed E-state index contributed by atoms with van der Waals surface area (Å²) in [6.07, 6.45) is 2.18. The lowest BCUT2D eigenvalue weighted by Crippen LogP contribution is -2.34. The van der Waals surface area contributed by atoms with Gasteiger partial charge in [0, 0.05) is 24.0 Å². The van der Waals surface area contributed by atoms with Gasteiger partial charge in [-0.05, 0) is 43.3 Å². The van der Waals surface area contributed by atoms with Crippen molar-refractivity contribution in [1.29, 1.82) is 0 Å². The second-order valence-electron chi connectivity index (χ2n) is 5.60. The minimum Gasteiger partial charge on any atom is -0.336 e.